The van der Waals surface area contributed by atoms with Crippen molar-refractivity contribution in [1.82, 2.24) is 4.90 Å². The summed E-state index contributed by atoms with van der Waals surface area (Å²) >= 11 is 5.67. The number of carbonyl (C=O) groups is 1. The minimum Gasteiger partial charge on any atom is -0.478 e. The van der Waals surface area contributed by atoms with Crippen LogP contribution in [0.4, 0.5) is 21.5 Å². The number of hydrogen-bond acceptors (Lipinski definition) is 4. The molecular formula is C27H29FN4O2S. The quantitative estimate of drug-likeness (QED) is 0.603. The van der Waals surface area contributed by atoms with E-state index in [0.29, 0.717) is 54.7 Å². The highest BCUT2D eigenvalue weighted by atomic mass is 32.1. The first-order valence-electron chi connectivity index (χ1n) is 12.0. The summed E-state index contributed by atoms with van der Waals surface area (Å²) in [5.41, 5.74) is 6.08. The van der Waals surface area contributed by atoms with Gasteiger partial charge in [0.15, 0.2) is 5.11 Å². The van der Waals surface area contributed by atoms with Crippen LogP contribution in [0.5, 0.6) is 0 Å². The number of aliphatic carboxylic acids is 1. The molecule has 2 aliphatic heterocycles. The number of rotatable bonds is 4. The lowest BCUT2D eigenvalue weighted by molar-refractivity contribution is -0.132. The second kappa shape index (κ2) is 9.34. The van der Waals surface area contributed by atoms with Crippen molar-refractivity contribution in [3.8, 4) is 0 Å². The van der Waals surface area contributed by atoms with Crippen LogP contribution in [0.2, 0.25) is 0 Å². The van der Waals surface area contributed by atoms with Gasteiger partial charge in [0.1, 0.15) is 5.82 Å². The number of carboxylic acids is 1. The Bertz CT molecular complexity index is 1250. The van der Waals surface area contributed by atoms with Gasteiger partial charge in [0.2, 0.25) is 0 Å². The molecule has 3 aliphatic rings. The minimum absolute atomic E-state index is 0.0875. The molecule has 2 heterocycles. The molecular weight excluding hydrogens is 463 g/mol. The van der Waals surface area contributed by atoms with Crippen LogP contribution < -0.4 is 15.1 Å². The molecule has 182 valence electrons. The summed E-state index contributed by atoms with van der Waals surface area (Å²) in [6.07, 6.45) is 5.07. The Morgan fingerprint density at radius 1 is 1.11 bits per heavy atom. The molecule has 0 atom stereocenters. The second-order valence-electron chi connectivity index (χ2n) is 9.17. The van der Waals surface area contributed by atoms with Crippen LogP contribution in [0.3, 0.4) is 0 Å². The standard InChI is InChI=1S/C27H29FN4O2S/c1-3-30-16-22(26(33)34)17(2)21-14-23(28)25(15-24(21)30)31-9-11-32(12-10-31)27(35)29-20-8-7-18-5-4-6-19(18)13-20/h7-8,13-16H,2-6,9-12H2,1H3,(H,29,35)(H,33,34). The van der Waals surface area contributed by atoms with Crippen molar-refractivity contribution in [1.29, 1.82) is 0 Å². The fourth-order valence-corrected chi connectivity index (χ4v) is 5.47. The molecule has 0 bridgehead atoms. The highest BCUT2D eigenvalue weighted by molar-refractivity contribution is 7.80. The molecule has 0 radical (unpaired) electrons. The number of aryl methyl sites for hydroxylation is 2. The van der Waals surface area contributed by atoms with Crippen LogP contribution in [0, 0.1) is 5.82 Å². The number of piperazine rings is 1. The Morgan fingerprint density at radius 3 is 2.57 bits per heavy atom. The molecule has 0 aromatic heterocycles. The maximum atomic E-state index is 15.2. The van der Waals surface area contributed by atoms with Crippen molar-refractivity contribution in [3.63, 3.8) is 0 Å². The molecule has 0 unspecified atom stereocenters. The molecule has 1 saturated heterocycles. The summed E-state index contributed by atoms with van der Waals surface area (Å²) in [4.78, 5) is 17.6. The Hall–Kier alpha value is -3.39. The first-order chi connectivity index (χ1) is 16.9. The maximum Gasteiger partial charge on any atom is 0.337 e. The van der Waals surface area contributed by atoms with Crippen molar-refractivity contribution in [2.45, 2.75) is 26.2 Å². The minimum atomic E-state index is -1.07. The zero-order valence-corrected chi connectivity index (χ0v) is 20.6. The SMILES string of the molecule is C=C1C(C(=O)O)=CN(CC)c2cc(N3CCN(C(=S)Nc4ccc5c(c4)CCC5)CC3)c(F)cc21. The summed E-state index contributed by atoms with van der Waals surface area (Å²) in [6, 6.07) is 9.70. The Labute approximate surface area is 210 Å². The van der Waals surface area contributed by atoms with Gasteiger partial charge in [0.05, 0.1) is 16.9 Å². The normalized spacial score (nSPS) is 17.1. The lowest BCUT2D eigenvalue weighted by Gasteiger charge is -2.38. The molecule has 0 amide bonds. The lowest BCUT2D eigenvalue weighted by Crippen LogP contribution is -2.50. The van der Waals surface area contributed by atoms with E-state index in [4.69, 9.17) is 12.2 Å². The van der Waals surface area contributed by atoms with Gasteiger partial charge in [-0.15, -0.1) is 0 Å². The zero-order valence-electron chi connectivity index (χ0n) is 19.8. The summed E-state index contributed by atoms with van der Waals surface area (Å²) in [7, 11) is 0. The average molecular weight is 493 g/mol. The third kappa shape index (κ3) is 4.38. The topological polar surface area (TPSA) is 59.1 Å². The Morgan fingerprint density at radius 2 is 1.86 bits per heavy atom. The number of nitrogens with zero attached hydrogens (tertiary/aromatic N) is 3. The molecule has 2 aromatic carbocycles. The highest BCUT2D eigenvalue weighted by Crippen LogP contribution is 2.40. The average Bonchev–Trinajstić information content (AvgIpc) is 3.32. The lowest BCUT2D eigenvalue weighted by atomic mass is 9.93. The van der Waals surface area contributed by atoms with Gasteiger partial charge in [-0.25, -0.2) is 9.18 Å². The smallest absolute Gasteiger partial charge is 0.337 e. The third-order valence-corrected chi connectivity index (χ3v) is 7.50. The van der Waals surface area contributed by atoms with Gasteiger partial charge < -0.3 is 25.1 Å². The van der Waals surface area contributed by atoms with Gasteiger partial charge in [-0.05, 0) is 79.4 Å². The van der Waals surface area contributed by atoms with Crippen molar-refractivity contribution in [3.05, 3.63) is 71.2 Å². The van der Waals surface area contributed by atoms with Crippen LogP contribution in [0.15, 0.2) is 48.7 Å². The highest BCUT2D eigenvalue weighted by Gasteiger charge is 2.28. The zero-order chi connectivity index (χ0) is 24.7. The van der Waals surface area contributed by atoms with Gasteiger partial charge >= 0.3 is 5.97 Å². The molecule has 6 nitrogen and oxygen atoms in total. The van der Waals surface area contributed by atoms with Gasteiger partial charge in [-0.1, -0.05) is 12.6 Å². The molecule has 0 saturated carbocycles. The molecule has 2 aromatic rings. The predicted molar refractivity (Wildman–Crippen MR) is 143 cm³/mol. The molecule has 5 rings (SSSR count). The number of thiocarbonyl (C=S) groups is 1. The molecule has 35 heavy (non-hydrogen) atoms. The number of hydrogen-bond donors (Lipinski definition) is 2. The van der Waals surface area contributed by atoms with Gasteiger partial charge in [0.25, 0.3) is 0 Å². The van der Waals surface area contributed by atoms with Crippen molar-refractivity contribution in [2.75, 3.05) is 47.8 Å². The number of nitrogens with one attached hydrogen (secondary N) is 1. The third-order valence-electron chi connectivity index (χ3n) is 7.14. The van der Waals surface area contributed by atoms with E-state index in [0.717, 1.165) is 24.2 Å². The van der Waals surface area contributed by atoms with Crippen molar-refractivity contribution in [2.24, 2.45) is 0 Å². The van der Waals surface area contributed by atoms with E-state index in [2.05, 4.69) is 35.0 Å². The Balaban J connectivity index is 1.28. The fraction of sp³-hybridized carbons (Fsp3) is 0.333. The number of carboxylic acid groups (broad SMARTS) is 1. The van der Waals surface area contributed by atoms with E-state index in [-0.39, 0.29) is 11.4 Å². The van der Waals surface area contributed by atoms with E-state index in [9.17, 15) is 9.90 Å². The summed E-state index contributed by atoms with van der Waals surface area (Å²) in [5.74, 6) is -1.44. The largest absolute Gasteiger partial charge is 0.478 e. The summed E-state index contributed by atoms with van der Waals surface area (Å²) in [5, 5.41) is 13.6. The number of benzene rings is 2. The van der Waals surface area contributed by atoms with Crippen molar-refractivity contribution < 1.29 is 14.3 Å². The van der Waals surface area contributed by atoms with Crippen LogP contribution >= 0.6 is 12.2 Å². The van der Waals surface area contributed by atoms with Crippen LogP contribution in [-0.4, -0.2) is 53.8 Å². The summed E-state index contributed by atoms with van der Waals surface area (Å²) < 4.78 is 15.2. The number of fused-ring (bicyclic) bond motifs is 2. The van der Waals surface area contributed by atoms with E-state index in [1.54, 1.807) is 6.20 Å². The van der Waals surface area contributed by atoms with Crippen LogP contribution in [0.1, 0.15) is 30.0 Å². The number of anilines is 3. The first-order valence-corrected chi connectivity index (χ1v) is 12.4. The van der Waals surface area contributed by atoms with Crippen LogP contribution in [0.25, 0.3) is 5.57 Å². The molecule has 0 spiro atoms. The number of halogens is 1. The fourth-order valence-electron chi connectivity index (χ4n) is 5.17. The van der Waals surface area contributed by atoms with E-state index < -0.39 is 5.97 Å². The molecule has 1 fully saturated rings. The van der Waals surface area contributed by atoms with Gasteiger partial charge in [0, 0.05) is 50.2 Å². The van der Waals surface area contributed by atoms with Crippen LogP contribution in [-0.2, 0) is 17.6 Å². The summed E-state index contributed by atoms with van der Waals surface area (Å²) in [6.45, 7) is 9.03. The predicted octanol–water partition coefficient (Wildman–Crippen LogP) is 4.66. The van der Waals surface area contributed by atoms with Crippen molar-refractivity contribution >= 4 is 45.9 Å². The Kier molecular flexibility index (Phi) is 6.23. The van der Waals surface area contributed by atoms with E-state index in [1.807, 2.05) is 22.8 Å². The van der Waals surface area contributed by atoms with Gasteiger partial charge in [-0.2, -0.15) is 0 Å². The molecule has 8 heteroatoms. The second-order valence-corrected chi connectivity index (χ2v) is 9.56. The maximum absolute atomic E-state index is 15.2. The van der Waals surface area contributed by atoms with E-state index in [1.165, 1.54) is 23.6 Å². The van der Waals surface area contributed by atoms with Gasteiger partial charge in [-0.3, -0.25) is 0 Å². The molecule has 1 aliphatic carbocycles. The van der Waals surface area contributed by atoms with E-state index >= 15 is 4.39 Å². The first kappa shape index (κ1) is 23.4. The monoisotopic (exact) mass is 492 g/mol. The molecule has 2 N–H and O–H groups in total.